The lowest BCUT2D eigenvalue weighted by Crippen LogP contribution is -2.48. The van der Waals surface area contributed by atoms with Crippen LogP contribution in [0.2, 0.25) is 0 Å². The molecule has 0 aromatic rings. The Morgan fingerprint density at radius 1 is 1.25 bits per heavy atom. The highest BCUT2D eigenvalue weighted by atomic mass is 16.5. The Bertz CT molecular complexity index is 418. The lowest BCUT2D eigenvalue weighted by Gasteiger charge is -2.51. The van der Waals surface area contributed by atoms with Gasteiger partial charge in [-0.1, -0.05) is 27.7 Å². The molecule has 2 nitrogen and oxygen atoms in total. The zero-order chi connectivity index (χ0) is 14.7. The van der Waals surface area contributed by atoms with Gasteiger partial charge in [-0.15, -0.1) is 0 Å². The molecule has 3 aliphatic rings. The van der Waals surface area contributed by atoms with Crippen LogP contribution >= 0.6 is 0 Å². The van der Waals surface area contributed by atoms with E-state index in [1.54, 1.807) is 6.92 Å². The lowest BCUT2D eigenvalue weighted by molar-refractivity contribution is -0.120. The molecule has 3 fully saturated rings. The van der Waals surface area contributed by atoms with Crippen molar-refractivity contribution >= 4 is 5.78 Å². The first-order valence-electron chi connectivity index (χ1n) is 8.42. The van der Waals surface area contributed by atoms with Crippen LogP contribution in [0, 0.1) is 28.6 Å². The van der Waals surface area contributed by atoms with Gasteiger partial charge in [-0.3, -0.25) is 4.79 Å². The summed E-state index contributed by atoms with van der Waals surface area (Å²) < 4.78 is 6.28. The van der Waals surface area contributed by atoms with E-state index in [-0.39, 0.29) is 11.9 Å². The minimum absolute atomic E-state index is 0.177. The van der Waals surface area contributed by atoms with Crippen LogP contribution in [0.4, 0.5) is 0 Å². The van der Waals surface area contributed by atoms with Crippen LogP contribution in [0.15, 0.2) is 0 Å². The molecule has 1 aliphatic heterocycles. The van der Waals surface area contributed by atoms with Gasteiger partial charge in [0.1, 0.15) is 5.78 Å². The second kappa shape index (κ2) is 4.56. The third-order valence-electron chi connectivity index (χ3n) is 7.31. The molecule has 0 aromatic carbocycles. The maximum Gasteiger partial charge on any atom is 0.132 e. The fourth-order valence-corrected chi connectivity index (χ4v) is 5.94. The number of ether oxygens (including phenoxy) is 1. The molecule has 0 N–H and O–H groups in total. The lowest BCUT2D eigenvalue weighted by atomic mass is 9.54. The molecule has 7 atom stereocenters. The summed E-state index contributed by atoms with van der Waals surface area (Å²) in [5.74, 6) is 2.69. The molecule has 2 aliphatic carbocycles. The molecule has 0 spiro atoms. The number of hydrogen-bond acceptors (Lipinski definition) is 2. The number of Topliss-reactive ketones (excluding diaryl/α,β-unsaturated/α-hetero) is 1. The van der Waals surface area contributed by atoms with Gasteiger partial charge in [0.25, 0.3) is 0 Å². The molecule has 2 heteroatoms. The van der Waals surface area contributed by atoms with E-state index in [1.807, 2.05) is 0 Å². The highest BCUT2D eigenvalue weighted by molar-refractivity contribution is 5.76. The molecule has 0 amide bonds. The Hall–Kier alpha value is -0.370. The van der Waals surface area contributed by atoms with Crippen molar-refractivity contribution in [1.29, 1.82) is 0 Å². The first kappa shape index (κ1) is 14.6. The van der Waals surface area contributed by atoms with Gasteiger partial charge >= 0.3 is 0 Å². The second-order valence-electron chi connectivity index (χ2n) is 8.46. The predicted octanol–water partition coefficient (Wildman–Crippen LogP) is 4.22. The molecule has 2 saturated carbocycles. The molecule has 0 aromatic heterocycles. The predicted molar refractivity (Wildman–Crippen MR) is 80.5 cm³/mol. The number of carbonyl (C=O) groups excluding carboxylic acids is 1. The highest BCUT2D eigenvalue weighted by Gasteiger charge is 2.62. The van der Waals surface area contributed by atoms with E-state index < -0.39 is 0 Å². The SMILES string of the molecule is CC(=O)C[C@H]1C[C@@]2(C)C3CC(C)C(C)[C@@]3(C)CC[C@@H]2O1. The maximum atomic E-state index is 11.4. The van der Waals surface area contributed by atoms with E-state index in [0.29, 0.717) is 23.4 Å². The standard InChI is InChI=1S/C18H30O2/c1-11-8-15-17(4,13(11)3)7-6-16-18(15,5)10-14(20-16)9-12(2)19/h11,13-16H,6-10H2,1-5H3/t11?,13?,14-,15?,16-,17+,18-/m0/s1. The summed E-state index contributed by atoms with van der Waals surface area (Å²) in [6, 6.07) is 0. The average Bonchev–Trinajstić information content (AvgIpc) is 2.78. The monoisotopic (exact) mass is 278 g/mol. The maximum absolute atomic E-state index is 11.4. The van der Waals surface area contributed by atoms with E-state index in [4.69, 9.17) is 4.74 Å². The zero-order valence-corrected chi connectivity index (χ0v) is 13.7. The van der Waals surface area contributed by atoms with Gasteiger partial charge in [-0.05, 0) is 61.2 Å². The third-order valence-corrected chi connectivity index (χ3v) is 7.31. The van der Waals surface area contributed by atoms with Gasteiger partial charge in [0.2, 0.25) is 0 Å². The van der Waals surface area contributed by atoms with E-state index >= 15 is 0 Å². The molecule has 0 bridgehead atoms. The smallest absolute Gasteiger partial charge is 0.132 e. The van der Waals surface area contributed by atoms with E-state index in [1.165, 1.54) is 19.3 Å². The van der Waals surface area contributed by atoms with Crippen LogP contribution in [0.3, 0.4) is 0 Å². The fraction of sp³-hybridized carbons (Fsp3) is 0.944. The van der Waals surface area contributed by atoms with Gasteiger partial charge < -0.3 is 4.74 Å². The highest BCUT2D eigenvalue weighted by Crippen LogP contribution is 2.66. The van der Waals surface area contributed by atoms with Crippen LogP contribution in [0.1, 0.15) is 66.7 Å². The molecule has 20 heavy (non-hydrogen) atoms. The van der Waals surface area contributed by atoms with Crippen molar-refractivity contribution in [2.75, 3.05) is 0 Å². The van der Waals surface area contributed by atoms with E-state index in [2.05, 4.69) is 27.7 Å². The summed E-state index contributed by atoms with van der Waals surface area (Å²) in [5, 5.41) is 0. The normalized spacial score (nSPS) is 54.5. The Morgan fingerprint density at radius 2 is 1.95 bits per heavy atom. The number of hydrogen-bond donors (Lipinski definition) is 0. The first-order chi connectivity index (χ1) is 9.27. The minimum Gasteiger partial charge on any atom is -0.374 e. The molecule has 3 unspecified atom stereocenters. The topological polar surface area (TPSA) is 26.3 Å². The van der Waals surface area contributed by atoms with Crippen molar-refractivity contribution in [2.45, 2.75) is 78.9 Å². The molecule has 1 saturated heterocycles. The molecule has 0 radical (unpaired) electrons. The average molecular weight is 278 g/mol. The summed E-state index contributed by atoms with van der Waals surface area (Å²) in [4.78, 5) is 11.4. The van der Waals surface area contributed by atoms with Crippen molar-refractivity contribution in [1.82, 2.24) is 0 Å². The summed E-state index contributed by atoms with van der Waals surface area (Å²) in [5.41, 5.74) is 0.783. The van der Waals surface area contributed by atoms with Gasteiger partial charge in [0, 0.05) is 6.42 Å². The Labute approximate surface area is 123 Å². The molecule has 114 valence electrons. The van der Waals surface area contributed by atoms with Gasteiger partial charge in [0.15, 0.2) is 0 Å². The summed E-state index contributed by atoms with van der Waals surface area (Å²) in [7, 11) is 0. The number of rotatable bonds is 2. The van der Waals surface area contributed by atoms with Crippen molar-refractivity contribution in [3.8, 4) is 0 Å². The Kier molecular flexibility index (Phi) is 3.32. The van der Waals surface area contributed by atoms with E-state index in [9.17, 15) is 4.79 Å². The van der Waals surface area contributed by atoms with Crippen molar-refractivity contribution in [2.24, 2.45) is 28.6 Å². The summed E-state index contributed by atoms with van der Waals surface area (Å²) >= 11 is 0. The fourth-order valence-electron chi connectivity index (χ4n) is 5.94. The molecule has 1 heterocycles. The van der Waals surface area contributed by atoms with Crippen molar-refractivity contribution in [3.05, 3.63) is 0 Å². The van der Waals surface area contributed by atoms with Gasteiger partial charge in [0.05, 0.1) is 12.2 Å². The number of carbonyl (C=O) groups is 1. The second-order valence-corrected chi connectivity index (χ2v) is 8.46. The van der Waals surface area contributed by atoms with Gasteiger partial charge in [-0.25, -0.2) is 0 Å². The molecule has 3 rings (SSSR count). The van der Waals surface area contributed by atoms with E-state index in [0.717, 1.165) is 24.2 Å². The minimum atomic E-state index is 0.177. The first-order valence-corrected chi connectivity index (χ1v) is 8.42. The van der Waals surface area contributed by atoms with Crippen LogP contribution in [0.5, 0.6) is 0 Å². The van der Waals surface area contributed by atoms with Crippen molar-refractivity contribution in [3.63, 3.8) is 0 Å². The third kappa shape index (κ3) is 1.90. The van der Waals surface area contributed by atoms with Gasteiger partial charge in [-0.2, -0.15) is 0 Å². The van der Waals surface area contributed by atoms with Crippen molar-refractivity contribution < 1.29 is 9.53 Å². The summed E-state index contributed by atoms with van der Waals surface area (Å²) in [6.07, 6.45) is 6.11. The zero-order valence-electron chi connectivity index (χ0n) is 13.7. The number of ketones is 1. The number of fused-ring (bicyclic) bond motifs is 3. The summed E-state index contributed by atoms with van der Waals surface area (Å²) in [6.45, 7) is 11.5. The quantitative estimate of drug-likeness (QED) is 0.756. The van der Waals surface area contributed by atoms with Crippen LogP contribution in [-0.2, 0) is 9.53 Å². The molecular weight excluding hydrogens is 248 g/mol. The Morgan fingerprint density at radius 3 is 2.60 bits per heavy atom. The Balaban J connectivity index is 1.86. The largest absolute Gasteiger partial charge is 0.374 e. The van der Waals surface area contributed by atoms with Crippen LogP contribution in [0.25, 0.3) is 0 Å². The van der Waals surface area contributed by atoms with Crippen LogP contribution in [-0.4, -0.2) is 18.0 Å². The molecular formula is C18H30O2. The van der Waals surface area contributed by atoms with Crippen LogP contribution < -0.4 is 0 Å².